The summed E-state index contributed by atoms with van der Waals surface area (Å²) < 4.78 is 14.5. The van der Waals surface area contributed by atoms with Crippen LogP contribution in [0, 0.1) is 0 Å². The Morgan fingerprint density at radius 2 is 0.720 bits per heavy atom. The predicted molar refractivity (Wildman–Crippen MR) is 97.6 cm³/mol. The average Bonchev–Trinajstić information content (AvgIpc) is 2.50. The van der Waals surface area contributed by atoms with Gasteiger partial charge in [-0.25, -0.2) is 0 Å². The zero-order valence-corrected chi connectivity index (χ0v) is 20.1. The fourth-order valence-corrected chi connectivity index (χ4v) is 1.57. The second-order valence-corrected chi connectivity index (χ2v) is 5.10. The number of rotatable bonds is 12. The molecule has 0 amide bonds. The summed E-state index contributed by atoms with van der Waals surface area (Å²) in [5, 5.41) is 26.5. The van der Waals surface area contributed by atoms with E-state index < -0.39 is 18.9 Å². The van der Waals surface area contributed by atoms with Gasteiger partial charge in [0.2, 0.25) is 0 Å². The summed E-state index contributed by atoms with van der Waals surface area (Å²) in [6, 6.07) is 0. The van der Waals surface area contributed by atoms with Crippen molar-refractivity contribution >= 4 is 0 Å². The Morgan fingerprint density at radius 3 is 0.840 bits per heavy atom. The molecule has 0 aromatic rings. The molecule has 0 aliphatic carbocycles. The van der Waals surface area contributed by atoms with E-state index in [2.05, 4.69) is 0 Å². The summed E-state index contributed by atoms with van der Waals surface area (Å²) in [4.78, 5) is 0. The number of aliphatic hydroxyl groups excluding tert-OH is 3. The van der Waals surface area contributed by atoms with Gasteiger partial charge < -0.3 is 29.5 Å². The zero-order valence-electron chi connectivity index (χ0n) is 17.2. The first-order chi connectivity index (χ1) is 11.4. The Balaban J connectivity index is -0.000000130. The Labute approximate surface area is 180 Å². The van der Waals surface area contributed by atoms with Crippen LogP contribution < -0.4 is 0 Å². The normalized spacial score (nSPS) is 13.3. The second-order valence-electron chi connectivity index (χ2n) is 5.10. The standard InChI is InChI=1S/3C6H14O2.Y/c3*1-3-5-6(7)8-4-2;/h3*6-7H,3-5H2,1-2H3;. The molecule has 3 atom stereocenters. The maximum atomic E-state index is 8.83. The molecule has 0 rings (SSSR count). The molecular weight excluding hydrogens is 401 g/mol. The average molecular weight is 443 g/mol. The SMILES string of the molecule is CCCC(O)OCC.CCCC(O)OCC.CCCC(O)OCC.[Y]. The first-order valence-electron chi connectivity index (χ1n) is 9.32. The molecule has 153 valence electrons. The summed E-state index contributed by atoms with van der Waals surface area (Å²) >= 11 is 0. The molecule has 0 bridgehead atoms. The molecule has 1 radical (unpaired) electrons. The van der Waals surface area contributed by atoms with Gasteiger partial charge in [-0.05, 0) is 40.0 Å². The van der Waals surface area contributed by atoms with Crippen LogP contribution in [0.5, 0.6) is 0 Å². The van der Waals surface area contributed by atoms with Crippen LogP contribution in [-0.2, 0) is 46.9 Å². The maximum absolute atomic E-state index is 8.83. The maximum Gasteiger partial charge on any atom is 0.154 e. The fraction of sp³-hybridized carbons (Fsp3) is 1.00. The molecule has 0 aromatic carbocycles. The zero-order chi connectivity index (χ0) is 19.2. The quantitative estimate of drug-likeness (QED) is 0.401. The van der Waals surface area contributed by atoms with Crippen LogP contribution in [-0.4, -0.2) is 54.0 Å². The van der Waals surface area contributed by atoms with Crippen molar-refractivity contribution in [3.05, 3.63) is 0 Å². The topological polar surface area (TPSA) is 88.4 Å². The minimum absolute atomic E-state index is 0. The third kappa shape index (κ3) is 36.5. The van der Waals surface area contributed by atoms with E-state index in [1.165, 1.54) is 0 Å². The molecule has 0 spiro atoms. The van der Waals surface area contributed by atoms with E-state index in [0.717, 1.165) is 38.5 Å². The molecule has 7 heteroatoms. The van der Waals surface area contributed by atoms with Crippen molar-refractivity contribution in [2.75, 3.05) is 19.8 Å². The molecule has 0 saturated carbocycles. The monoisotopic (exact) mass is 443 g/mol. The fourth-order valence-electron chi connectivity index (χ4n) is 1.57. The minimum atomic E-state index is -0.537. The van der Waals surface area contributed by atoms with Crippen molar-refractivity contribution < 1.29 is 62.2 Å². The minimum Gasteiger partial charge on any atom is -0.368 e. The Bertz CT molecular complexity index is 159. The summed E-state index contributed by atoms with van der Waals surface area (Å²) in [7, 11) is 0. The smallest absolute Gasteiger partial charge is 0.154 e. The first kappa shape index (κ1) is 33.4. The summed E-state index contributed by atoms with van der Waals surface area (Å²) in [5.41, 5.74) is 0. The van der Waals surface area contributed by atoms with Crippen molar-refractivity contribution in [3.8, 4) is 0 Å². The van der Waals surface area contributed by atoms with Gasteiger partial charge in [0.1, 0.15) is 0 Å². The summed E-state index contributed by atoms with van der Waals surface area (Å²) in [6.07, 6.45) is 3.54. The van der Waals surface area contributed by atoms with E-state index in [1.807, 2.05) is 41.5 Å². The molecule has 3 N–H and O–H groups in total. The summed E-state index contributed by atoms with van der Waals surface area (Å²) in [6.45, 7) is 13.5. The van der Waals surface area contributed by atoms with Crippen molar-refractivity contribution in [1.29, 1.82) is 0 Å². The van der Waals surface area contributed by atoms with Gasteiger partial charge in [-0.3, -0.25) is 0 Å². The van der Waals surface area contributed by atoms with Crippen LogP contribution >= 0.6 is 0 Å². The van der Waals surface area contributed by atoms with E-state index in [9.17, 15) is 0 Å². The number of hydrogen-bond acceptors (Lipinski definition) is 6. The van der Waals surface area contributed by atoms with Crippen molar-refractivity contribution in [3.63, 3.8) is 0 Å². The Kier molecular flexibility index (Phi) is 39.6. The van der Waals surface area contributed by atoms with Crippen LogP contribution in [0.25, 0.3) is 0 Å². The predicted octanol–water partition coefficient (Wildman–Crippen LogP) is 3.42. The van der Waals surface area contributed by atoms with Gasteiger partial charge in [0.25, 0.3) is 0 Å². The molecule has 0 aromatic heterocycles. The van der Waals surface area contributed by atoms with E-state index in [1.54, 1.807) is 0 Å². The Hall–Kier alpha value is 0.864. The molecule has 0 aliphatic rings. The van der Waals surface area contributed by atoms with E-state index in [-0.39, 0.29) is 32.7 Å². The molecule has 0 fully saturated rings. The van der Waals surface area contributed by atoms with Crippen LogP contribution in [0.4, 0.5) is 0 Å². The van der Waals surface area contributed by atoms with E-state index in [4.69, 9.17) is 29.5 Å². The van der Waals surface area contributed by atoms with Crippen molar-refractivity contribution in [2.24, 2.45) is 0 Å². The number of ether oxygens (including phenoxy) is 3. The van der Waals surface area contributed by atoms with Gasteiger partial charge in [0.05, 0.1) is 0 Å². The van der Waals surface area contributed by atoms with Gasteiger partial charge in [-0.1, -0.05) is 40.0 Å². The van der Waals surface area contributed by atoms with Crippen LogP contribution in [0.2, 0.25) is 0 Å². The van der Waals surface area contributed by atoms with Crippen LogP contribution in [0.15, 0.2) is 0 Å². The van der Waals surface area contributed by atoms with E-state index in [0.29, 0.717) is 19.8 Å². The van der Waals surface area contributed by atoms with Gasteiger partial charge >= 0.3 is 0 Å². The van der Waals surface area contributed by atoms with Crippen molar-refractivity contribution in [2.45, 2.75) is 98.9 Å². The molecular formula is C18H42O6Y. The molecule has 25 heavy (non-hydrogen) atoms. The van der Waals surface area contributed by atoms with Crippen molar-refractivity contribution in [1.82, 2.24) is 0 Å². The third-order valence-corrected chi connectivity index (χ3v) is 2.68. The second kappa shape index (κ2) is 29.6. The molecule has 0 aliphatic heterocycles. The largest absolute Gasteiger partial charge is 0.368 e. The van der Waals surface area contributed by atoms with Gasteiger partial charge in [-0.15, -0.1) is 0 Å². The molecule has 0 heterocycles. The Morgan fingerprint density at radius 1 is 0.520 bits per heavy atom. The summed E-state index contributed by atoms with van der Waals surface area (Å²) in [5.74, 6) is 0. The number of aliphatic hydroxyl groups is 3. The van der Waals surface area contributed by atoms with Gasteiger partial charge in [0, 0.05) is 52.5 Å². The van der Waals surface area contributed by atoms with Gasteiger partial charge in [-0.2, -0.15) is 0 Å². The van der Waals surface area contributed by atoms with Crippen LogP contribution in [0.3, 0.4) is 0 Å². The third-order valence-electron chi connectivity index (χ3n) is 2.68. The first-order valence-corrected chi connectivity index (χ1v) is 9.32. The molecule has 3 unspecified atom stereocenters. The van der Waals surface area contributed by atoms with E-state index >= 15 is 0 Å². The van der Waals surface area contributed by atoms with Gasteiger partial charge in [0.15, 0.2) is 18.9 Å². The van der Waals surface area contributed by atoms with Crippen LogP contribution in [0.1, 0.15) is 80.1 Å². The molecule has 6 nitrogen and oxygen atoms in total. The molecule has 0 saturated heterocycles. The number of hydrogen-bond donors (Lipinski definition) is 3.